The highest BCUT2D eigenvalue weighted by atomic mass is 79.9. The van der Waals surface area contributed by atoms with Crippen molar-refractivity contribution < 1.29 is 13.2 Å². The Bertz CT molecular complexity index is 454. The standard InChI is InChI=1S/C14H18BrF3N2/c1-20(11-3-2-7-19-8-6-11)13-9-10(15)4-5-12(13)14(16,17)18/h4-5,9,11,19H,2-3,6-8H2,1H3. The molecular formula is C14H18BrF3N2. The van der Waals surface area contributed by atoms with Gasteiger partial charge in [0.25, 0.3) is 0 Å². The lowest BCUT2D eigenvalue weighted by Gasteiger charge is -2.31. The van der Waals surface area contributed by atoms with Crippen molar-refractivity contribution in [2.75, 3.05) is 25.0 Å². The third kappa shape index (κ3) is 3.67. The molecule has 20 heavy (non-hydrogen) atoms. The molecule has 0 radical (unpaired) electrons. The summed E-state index contributed by atoms with van der Waals surface area (Å²) in [4.78, 5) is 1.78. The summed E-state index contributed by atoms with van der Waals surface area (Å²) in [6, 6.07) is 4.28. The van der Waals surface area contributed by atoms with Gasteiger partial charge < -0.3 is 10.2 Å². The Kier molecular flexibility index (Phi) is 4.96. The lowest BCUT2D eigenvalue weighted by Crippen LogP contribution is -2.33. The van der Waals surface area contributed by atoms with Crippen molar-refractivity contribution in [1.29, 1.82) is 0 Å². The minimum Gasteiger partial charge on any atom is -0.371 e. The lowest BCUT2D eigenvalue weighted by molar-refractivity contribution is -0.137. The highest BCUT2D eigenvalue weighted by molar-refractivity contribution is 9.10. The molecule has 1 aliphatic rings. The van der Waals surface area contributed by atoms with E-state index in [0.29, 0.717) is 4.47 Å². The Labute approximate surface area is 125 Å². The highest BCUT2D eigenvalue weighted by Gasteiger charge is 2.35. The van der Waals surface area contributed by atoms with Gasteiger partial charge in [0, 0.05) is 17.6 Å². The number of hydrogen-bond donors (Lipinski definition) is 1. The summed E-state index contributed by atoms with van der Waals surface area (Å²) in [5, 5.41) is 3.28. The van der Waals surface area contributed by atoms with Crippen molar-refractivity contribution in [2.24, 2.45) is 0 Å². The van der Waals surface area contributed by atoms with Crippen LogP contribution in [0, 0.1) is 0 Å². The fourth-order valence-corrected chi connectivity index (χ4v) is 2.97. The van der Waals surface area contributed by atoms with Gasteiger partial charge in [0.05, 0.1) is 11.3 Å². The topological polar surface area (TPSA) is 15.3 Å². The second-order valence-corrected chi connectivity index (χ2v) is 6.02. The number of alkyl halides is 3. The Hall–Kier alpha value is -0.750. The molecule has 2 rings (SSSR count). The predicted octanol–water partition coefficient (Wildman–Crippen LogP) is 4.05. The van der Waals surface area contributed by atoms with E-state index in [2.05, 4.69) is 21.2 Å². The van der Waals surface area contributed by atoms with Crippen LogP contribution in [-0.2, 0) is 6.18 Å². The molecule has 0 aliphatic carbocycles. The normalized spacial score (nSPS) is 20.6. The molecule has 0 bridgehead atoms. The molecule has 1 heterocycles. The van der Waals surface area contributed by atoms with Crippen molar-refractivity contribution in [3.63, 3.8) is 0 Å². The van der Waals surface area contributed by atoms with Crippen LogP contribution in [-0.4, -0.2) is 26.2 Å². The van der Waals surface area contributed by atoms with Crippen LogP contribution in [0.25, 0.3) is 0 Å². The van der Waals surface area contributed by atoms with E-state index in [4.69, 9.17) is 0 Å². The first-order valence-corrected chi connectivity index (χ1v) is 7.49. The van der Waals surface area contributed by atoms with Gasteiger partial charge in [0.1, 0.15) is 0 Å². The molecule has 0 spiro atoms. The second-order valence-electron chi connectivity index (χ2n) is 5.10. The van der Waals surface area contributed by atoms with E-state index >= 15 is 0 Å². The van der Waals surface area contributed by atoms with Crippen LogP contribution in [0.15, 0.2) is 22.7 Å². The molecule has 1 aromatic carbocycles. The van der Waals surface area contributed by atoms with Gasteiger partial charge in [0.15, 0.2) is 0 Å². The molecule has 1 unspecified atom stereocenters. The summed E-state index contributed by atoms with van der Waals surface area (Å²) in [6.07, 6.45) is -1.56. The Balaban J connectivity index is 2.32. The van der Waals surface area contributed by atoms with Crippen molar-refractivity contribution >= 4 is 21.6 Å². The minimum absolute atomic E-state index is 0.139. The molecular weight excluding hydrogens is 333 g/mol. The minimum atomic E-state index is -4.33. The van der Waals surface area contributed by atoms with Crippen LogP contribution in [0.4, 0.5) is 18.9 Å². The first kappa shape index (κ1) is 15.6. The number of anilines is 1. The van der Waals surface area contributed by atoms with Gasteiger partial charge >= 0.3 is 6.18 Å². The van der Waals surface area contributed by atoms with E-state index in [1.54, 1.807) is 18.0 Å². The monoisotopic (exact) mass is 350 g/mol. The fourth-order valence-electron chi connectivity index (χ4n) is 2.62. The smallest absolute Gasteiger partial charge is 0.371 e. The van der Waals surface area contributed by atoms with Crippen LogP contribution >= 0.6 is 15.9 Å². The molecule has 112 valence electrons. The van der Waals surface area contributed by atoms with Crippen molar-refractivity contribution in [3.05, 3.63) is 28.2 Å². The zero-order chi connectivity index (χ0) is 14.8. The maximum atomic E-state index is 13.1. The summed E-state index contributed by atoms with van der Waals surface area (Å²) in [6.45, 7) is 1.79. The number of hydrogen-bond acceptors (Lipinski definition) is 2. The second kappa shape index (κ2) is 6.35. The molecule has 1 aliphatic heterocycles. The first-order chi connectivity index (χ1) is 9.39. The lowest BCUT2D eigenvalue weighted by atomic mass is 10.0. The molecule has 0 aromatic heterocycles. The molecule has 1 N–H and O–H groups in total. The van der Waals surface area contributed by atoms with Crippen LogP contribution in [0.2, 0.25) is 0 Å². The van der Waals surface area contributed by atoms with Crippen LogP contribution in [0.1, 0.15) is 24.8 Å². The average Bonchev–Trinajstić information content (AvgIpc) is 2.65. The summed E-state index contributed by atoms with van der Waals surface area (Å²) >= 11 is 3.26. The number of halogens is 4. The van der Waals surface area contributed by atoms with E-state index < -0.39 is 11.7 Å². The van der Waals surface area contributed by atoms with E-state index in [0.717, 1.165) is 38.4 Å². The zero-order valence-corrected chi connectivity index (χ0v) is 12.9. The van der Waals surface area contributed by atoms with Gasteiger partial charge in [-0.15, -0.1) is 0 Å². The van der Waals surface area contributed by atoms with Gasteiger partial charge in [-0.2, -0.15) is 13.2 Å². The van der Waals surface area contributed by atoms with Gasteiger partial charge in [0.2, 0.25) is 0 Å². The molecule has 1 atom stereocenters. The van der Waals surface area contributed by atoms with Crippen LogP contribution in [0.5, 0.6) is 0 Å². The van der Waals surface area contributed by atoms with E-state index in [1.807, 2.05) is 0 Å². The quantitative estimate of drug-likeness (QED) is 0.865. The maximum absolute atomic E-state index is 13.1. The molecule has 0 amide bonds. The number of nitrogens with one attached hydrogen (secondary N) is 1. The average molecular weight is 351 g/mol. The fraction of sp³-hybridized carbons (Fsp3) is 0.571. The van der Waals surface area contributed by atoms with Crippen molar-refractivity contribution in [2.45, 2.75) is 31.5 Å². The van der Waals surface area contributed by atoms with Crippen LogP contribution in [0.3, 0.4) is 0 Å². The Morgan fingerprint density at radius 3 is 2.70 bits per heavy atom. The van der Waals surface area contributed by atoms with Gasteiger partial charge in [-0.25, -0.2) is 0 Å². The molecule has 1 saturated heterocycles. The predicted molar refractivity (Wildman–Crippen MR) is 78.1 cm³/mol. The van der Waals surface area contributed by atoms with Gasteiger partial charge in [-0.1, -0.05) is 15.9 Å². The first-order valence-electron chi connectivity index (χ1n) is 6.70. The SMILES string of the molecule is CN(c1cc(Br)ccc1C(F)(F)F)C1CCCNCC1. The number of nitrogens with zero attached hydrogens (tertiary/aromatic N) is 1. The molecule has 1 aromatic rings. The van der Waals surface area contributed by atoms with Crippen LogP contribution < -0.4 is 10.2 Å². The largest absolute Gasteiger partial charge is 0.418 e. The molecule has 6 heteroatoms. The summed E-state index contributed by atoms with van der Waals surface area (Å²) < 4.78 is 40.1. The summed E-state index contributed by atoms with van der Waals surface area (Å²) in [7, 11) is 1.76. The van der Waals surface area contributed by atoms with Crippen molar-refractivity contribution in [3.8, 4) is 0 Å². The number of rotatable bonds is 2. The van der Waals surface area contributed by atoms with E-state index in [1.165, 1.54) is 6.07 Å². The summed E-state index contributed by atoms with van der Waals surface area (Å²) in [5.74, 6) is 0. The third-order valence-corrected chi connectivity index (χ3v) is 4.23. The summed E-state index contributed by atoms with van der Waals surface area (Å²) in [5.41, 5.74) is -0.320. The zero-order valence-electron chi connectivity index (χ0n) is 11.3. The molecule has 2 nitrogen and oxygen atoms in total. The van der Waals surface area contributed by atoms with Crippen molar-refractivity contribution in [1.82, 2.24) is 5.32 Å². The van der Waals surface area contributed by atoms with Gasteiger partial charge in [-0.3, -0.25) is 0 Å². The number of benzene rings is 1. The van der Waals surface area contributed by atoms with E-state index in [-0.39, 0.29) is 11.7 Å². The Morgan fingerprint density at radius 1 is 1.25 bits per heavy atom. The Morgan fingerprint density at radius 2 is 2.00 bits per heavy atom. The maximum Gasteiger partial charge on any atom is 0.418 e. The van der Waals surface area contributed by atoms with Gasteiger partial charge in [-0.05, 0) is 50.6 Å². The highest BCUT2D eigenvalue weighted by Crippen LogP contribution is 2.38. The molecule has 0 saturated carbocycles. The molecule has 1 fully saturated rings. The third-order valence-electron chi connectivity index (χ3n) is 3.74. The van der Waals surface area contributed by atoms with E-state index in [9.17, 15) is 13.2 Å².